The number of aromatic nitrogens is 2. The van der Waals surface area contributed by atoms with E-state index in [9.17, 15) is 8.78 Å². The Balaban J connectivity index is 0.00000196. The van der Waals surface area contributed by atoms with Crippen molar-refractivity contribution in [2.45, 2.75) is 19.4 Å². The molecule has 0 bridgehead atoms. The molecule has 1 heterocycles. The number of ether oxygens (including phenoxy) is 1. The lowest BCUT2D eigenvalue weighted by molar-refractivity contribution is 0.0563. The van der Waals surface area contributed by atoms with E-state index in [-0.39, 0.29) is 12.4 Å². The first-order valence-corrected chi connectivity index (χ1v) is 4.39. The first kappa shape index (κ1) is 14.1. The van der Waals surface area contributed by atoms with E-state index in [0.29, 0.717) is 23.6 Å². The Morgan fingerprint density at radius 3 is 2.73 bits per heavy atom. The minimum atomic E-state index is -2.61. The van der Waals surface area contributed by atoms with Crippen molar-refractivity contribution < 1.29 is 13.5 Å². The van der Waals surface area contributed by atoms with Gasteiger partial charge in [0.05, 0.1) is 19.0 Å². The van der Waals surface area contributed by atoms with E-state index >= 15 is 0 Å². The van der Waals surface area contributed by atoms with Gasteiger partial charge in [-0.3, -0.25) is 0 Å². The molecule has 0 spiro atoms. The van der Waals surface area contributed by atoms with E-state index in [0.717, 1.165) is 12.8 Å². The third-order valence-corrected chi connectivity index (χ3v) is 1.64. The molecule has 0 saturated carbocycles. The third kappa shape index (κ3) is 4.94. The molecule has 0 radical (unpaired) electrons. The van der Waals surface area contributed by atoms with E-state index < -0.39 is 6.55 Å². The van der Waals surface area contributed by atoms with E-state index in [1.807, 2.05) is 0 Å². The number of nitrogens with two attached hydrogens (primary N) is 1. The average molecular weight is 242 g/mol. The van der Waals surface area contributed by atoms with E-state index in [2.05, 4.69) is 5.10 Å². The van der Waals surface area contributed by atoms with Gasteiger partial charge in [0.1, 0.15) is 0 Å². The summed E-state index contributed by atoms with van der Waals surface area (Å²) in [6, 6.07) is 0. The molecule has 88 valence electrons. The normalized spacial score (nSPS) is 10.1. The van der Waals surface area contributed by atoms with Crippen LogP contribution in [0.4, 0.5) is 8.78 Å². The van der Waals surface area contributed by atoms with Gasteiger partial charge in [-0.05, 0) is 19.4 Å². The predicted octanol–water partition coefficient (Wildman–Crippen LogP) is 1.82. The molecule has 0 saturated heterocycles. The van der Waals surface area contributed by atoms with Crippen LogP contribution in [-0.4, -0.2) is 22.9 Å². The molecule has 0 amide bonds. The van der Waals surface area contributed by atoms with E-state index in [1.54, 1.807) is 0 Å². The maximum absolute atomic E-state index is 12.1. The van der Waals surface area contributed by atoms with Crippen molar-refractivity contribution in [1.29, 1.82) is 0 Å². The molecule has 1 aromatic heterocycles. The lowest BCUT2D eigenvalue weighted by Gasteiger charge is -2.01. The topological polar surface area (TPSA) is 53.1 Å². The summed E-state index contributed by atoms with van der Waals surface area (Å²) in [4.78, 5) is 0. The smallest absolute Gasteiger partial charge is 0.333 e. The van der Waals surface area contributed by atoms with E-state index in [4.69, 9.17) is 10.5 Å². The zero-order chi connectivity index (χ0) is 10.4. The van der Waals surface area contributed by atoms with Gasteiger partial charge in [-0.25, -0.2) is 4.68 Å². The highest BCUT2D eigenvalue weighted by atomic mass is 35.5. The van der Waals surface area contributed by atoms with Gasteiger partial charge in [0.2, 0.25) is 0 Å². The number of hydrogen-bond donors (Lipinski definition) is 1. The van der Waals surface area contributed by atoms with Gasteiger partial charge in [-0.15, -0.1) is 12.4 Å². The van der Waals surface area contributed by atoms with Crippen molar-refractivity contribution in [3.8, 4) is 5.75 Å². The Hall–Kier alpha value is -0.880. The summed E-state index contributed by atoms with van der Waals surface area (Å²) in [6.07, 6.45) is 4.13. The molecule has 1 rings (SSSR count). The second kappa shape index (κ2) is 7.42. The van der Waals surface area contributed by atoms with Gasteiger partial charge in [-0.1, -0.05) is 0 Å². The maximum atomic E-state index is 12.1. The number of alkyl halides is 2. The lowest BCUT2D eigenvalue weighted by Crippen LogP contribution is -2.03. The van der Waals surface area contributed by atoms with Gasteiger partial charge >= 0.3 is 6.55 Å². The van der Waals surface area contributed by atoms with Crippen LogP contribution >= 0.6 is 12.4 Å². The number of halogens is 3. The minimum absolute atomic E-state index is 0. The van der Waals surface area contributed by atoms with Gasteiger partial charge < -0.3 is 10.5 Å². The number of rotatable bonds is 6. The fourth-order valence-corrected chi connectivity index (χ4v) is 0.938. The van der Waals surface area contributed by atoms with E-state index in [1.165, 1.54) is 12.4 Å². The molecule has 0 unspecified atom stereocenters. The highest BCUT2D eigenvalue weighted by molar-refractivity contribution is 5.85. The molecule has 0 atom stereocenters. The van der Waals surface area contributed by atoms with Crippen molar-refractivity contribution in [3.63, 3.8) is 0 Å². The quantitative estimate of drug-likeness (QED) is 0.773. The van der Waals surface area contributed by atoms with Crippen LogP contribution in [0.2, 0.25) is 0 Å². The summed E-state index contributed by atoms with van der Waals surface area (Å²) >= 11 is 0. The Kier molecular flexibility index (Phi) is 6.98. The van der Waals surface area contributed by atoms with Crippen molar-refractivity contribution in [3.05, 3.63) is 12.4 Å². The zero-order valence-corrected chi connectivity index (χ0v) is 8.92. The summed E-state index contributed by atoms with van der Waals surface area (Å²) in [5.74, 6) is 0.363. The summed E-state index contributed by atoms with van der Waals surface area (Å²) in [5, 5.41) is 3.43. The Morgan fingerprint density at radius 2 is 2.20 bits per heavy atom. The van der Waals surface area contributed by atoms with Crippen LogP contribution in [0.15, 0.2) is 12.4 Å². The van der Waals surface area contributed by atoms with Crippen LogP contribution in [-0.2, 0) is 0 Å². The Labute approximate surface area is 92.8 Å². The maximum Gasteiger partial charge on any atom is 0.333 e. The largest absolute Gasteiger partial charge is 0.490 e. The molecule has 0 fully saturated rings. The van der Waals surface area contributed by atoms with Gasteiger partial charge in [-0.2, -0.15) is 13.9 Å². The molecule has 7 heteroatoms. The minimum Gasteiger partial charge on any atom is -0.490 e. The first-order chi connectivity index (χ1) is 6.74. The number of hydrogen-bond acceptors (Lipinski definition) is 3. The molecule has 0 aliphatic heterocycles. The summed E-state index contributed by atoms with van der Waals surface area (Å²) in [5.41, 5.74) is 5.28. The van der Waals surface area contributed by atoms with Crippen LogP contribution in [0.3, 0.4) is 0 Å². The molecule has 4 nitrogen and oxygen atoms in total. The molecular weight excluding hydrogens is 228 g/mol. The monoisotopic (exact) mass is 241 g/mol. The van der Waals surface area contributed by atoms with Crippen LogP contribution in [0, 0.1) is 0 Å². The third-order valence-electron chi connectivity index (χ3n) is 1.64. The SMILES string of the molecule is Cl.NCCCCOc1cnn(C(F)F)c1. The molecule has 15 heavy (non-hydrogen) atoms. The van der Waals surface area contributed by atoms with Crippen LogP contribution < -0.4 is 10.5 Å². The molecule has 1 aromatic rings. The van der Waals surface area contributed by atoms with Crippen LogP contribution in [0.1, 0.15) is 19.4 Å². The average Bonchev–Trinajstić information content (AvgIpc) is 2.61. The fourth-order valence-electron chi connectivity index (χ4n) is 0.938. The van der Waals surface area contributed by atoms with Crippen LogP contribution in [0.25, 0.3) is 0 Å². The van der Waals surface area contributed by atoms with Gasteiger partial charge in [0, 0.05) is 0 Å². The molecule has 0 aromatic carbocycles. The zero-order valence-electron chi connectivity index (χ0n) is 8.10. The summed E-state index contributed by atoms with van der Waals surface area (Å²) in [6.45, 7) is -1.53. The highest BCUT2D eigenvalue weighted by Gasteiger charge is 2.07. The van der Waals surface area contributed by atoms with Crippen molar-refractivity contribution >= 4 is 12.4 Å². The van der Waals surface area contributed by atoms with Gasteiger partial charge in [0.15, 0.2) is 5.75 Å². The number of unbranched alkanes of at least 4 members (excludes halogenated alkanes) is 1. The lowest BCUT2D eigenvalue weighted by atomic mass is 10.3. The number of nitrogens with zero attached hydrogens (tertiary/aromatic N) is 2. The first-order valence-electron chi connectivity index (χ1n) is 4.39. The van der Waals surface area contributed by atoms with Crippen molar-refractivity contribution in [2.24, 2.45) is 5.73 Å². The fraction of sp³-hybridized carbons (Fsp3) is 0.625. The van der Waals surface area contributed by atoms with Gasteiger partial charge in [0.25, 0.3) is 0 Å². The molecular formula is C8H14ClF2N3O. The summed E-state index contributed by atoms with van der Waals surface area (Å²) < 4.78 is 29.8. The highest BCUT2D eigenvalue weighted by Crippen LogP contribution is 2.14. The van der Waals surface area contributed by atoms with Crippen molar-refractivity contribution in [2.75, 3.05) is 13.2 Å². The summed E-state index contributed by atoms with van der Waals surface area (Å²) in [7, 11) is 0. The standard InChI is InChI=1S/C8H13F2N3O.ClH/c9-8(10)13-6-7(5-12-13)14-4-2-1-3-11;/h5-6,8H,1-4,11H2;1H. The molecule has 0 aliphatic carbocycles. The van der Waals surface area contributed by atoms with Crippen molar-refractivity contribution in [1.82, 2.24) is 9.78 Å². The molecule has 0 aliphatic rings. The Bertz CT molecular complexity index is 270. The second-order valence-corrected chi connectivity index (χ2v) is 2.78. The van der Waals surface area contributed by atoms with Crippen LogP contribution in [0.5, 0.6) is 5.75 Å². The second-order valence-electron chi connectivity index (χ2n) is 2.78. The predicted molar refractivity (Wildman–Crippen MR) is 54.5 cm³/mol. The molecule has 2 N–H and O–H groups in total. The Morgan fingerprint density at radius 1 is 1.47 bits per heavy atom.